The molecular formula is C22H26N2O3. The van der Waals surface area contributed by atoms with Crippen LogP contribution in [0.3, 0.4) is 0 Å². The summed E-state index contributed by atoms with van der Waals surface area (Å²) in [5.41, 5.74) is 4.50. The highest BCUT2D eigenvalue weighted by atomic mass is 16.5. The Kier molecular flexibility index (Phi) is 6.01. The molecule has 0 aliphatic carbocycles. The van der Waals surface area contributed by atoms with E-state index in [-0.39, 0.29) is 5.91 Å². The molecule has 0 aliphatic rings. The van der Waals surface area contributed by atoms with Gasteiger partial charge in [0.05, 0.1) is 14.2 Å². The number of fused-ring (bicyclic) bond motifs is 1. The van der Waals surface area contributed by atoms with Crippen LogP contribution in [0.5, 0.6) is 11.5 Å². The molecule has 0 saturated carbocycles. The van der Waals surface area contributed by atoms with Crippen molar-refractivity contribution in [3.63, 3.8) is 0 Å². The summed E-state index contributed by atoms with van der Waals surface area (Å²) < 4.78 is 10.6. The Morgan fingerprint density at radius 2 is 1.78 bits per heavy atom. The lowest BCUT2D eigenvalue weighted by Gasteiger charge is -2.10. The summed E-state index contributed by atoms with van der Waals surface area (Å²) in [6.07, 6.45) is 2.11. The van der Waals surface area contributed by atoms with Gasteiger partial charge in [0, 0.05) is 24.2 Å². The van der Waals surface area contributed by atoms with E-state index in [9.17, 15) is 4.79 Å². The predicted octanol–water partition coefficient (Wildman–Crippen LogP) is 4.13. The molecule has 1 amide bonds. The van der Waals surface area contributed by atoms with Crippen molar-refractivity contribution in [2.75, 3.05) is 14.2 Å². The number of methoxy groups -OCH3 is 2. The summed E-state index contributed by atoms with van der Waals surface area (Å²) >= 11 is 0. The lowest BCUT2D eigenvalue weighted by atomic mass is 10.1. The van der Waals surface area contributed by atoms with Crippen LogP contribution in [0.15, 0.2) is 42.5 Å². The Balaban J connectivity index is 1.46. The summed E-state index contributed by atoms with van der Waals surface area (Å²) in [6.45, 7) is 2.59. The van der Waals surface area contributed by atoms with Gasteiger partial charge in [0.1, 0.15) is 0 Å². The minimum absolute atomic E-state index is 0.0702. The molecule has 0 spiro atoms. The van der Waals surface area contributed by atoms with Crippen LogP contribution in [0.2, 0.25) is 0 Å². The van der Waals surface area contributed by atoms with Gasteiger partial charge < -0.3 is 19.8 Å². The van der Waals surface area contributed by atoms with E-state index >= 15 is 0 Å². The van der Waals surface area contributed by atoms with Crippen LogP contribution in [-0.4, -0.2) is 25.1 Å². The van der Waals surface area contributed by atoms with Crippen LogP contribution in [0.4, 0.5) is 0 Å². The summed E-state index contributed by atoms with van der Waals surface area (Å²) in [5.74, 6) is 1.50. The van der Waals surface area contributed by atoms with E-state index in [4.69, 9.17) is 9.47 Å². The van der Waals surface area contributed by atoms with E-state index in [0.717, 1.165) is 40.9 Å². The van der Waals surface area contributed by atoms with Crippen molar-refractivity contribution in [3.8, 4) is 11.5 Å². The van der Waals surface area contributed by atoms with E-state index in [1.807, 2.05) is 31.2 Å². The Morgan fingerprint density at radius 3 is 2.56 bits per heavy atom. The van der Waals surface area contributed by atoms with Crippen molar-refractivity contribution in [1.29, 1.82) is 0 Å². The largest absolute Gasteiger partial charge is 0.493 e. The molecule has 0 bridgehead atoms. The van der Waals surface area contributed by atoms with Crippen LogP contribution in [0, 0.1) is 6.92 Å². The third-order valence-corrected chi connectivity index (χ3v) is 4.63. The maximum atomic E-state index is 12.1. The SMILES string of the molecule is COc1ccc(CCCC(=O)NCc2ccc3[nH]c(C)cc3c2)cc1OC. The third kappa shape index (κ3) is 4.82. The Bertz CT molecular complexity index is 930. The van der Waals surface area contributed by atoms with Gasteiger partial charge in [0.15, 0.2) is 11.5 Å². The normalized spacial score (nSPS) is 10.8. The zero-order valence-corrected chi connectivity index (χ0v) is 16.1. The van der Waals surface area contributed by atoms with E-state index in [1.54, 1.807) is 14.2 Å². The number of amides is 1. The van der Waals surface area contributed by atoms with E-state index < -0.39 is 0 Å². The van der Waals surface area contributed by atoms with E-state index in [1.165, 1.54) is 5.39 Å². The van der Waals surface area contributed by atoms with Crippen molar-refractivity contribution in [2.45, 2.75) is 32.7 Å². The first-order chi connectivity index (χ1) is 13.1. The number of H-pyrrole nitrogens is 1. The number of carbonyl (C=O) groups is 1. The first-order valence-electron chi connectivity index (χ1n) is 9.15. The zero-order chi connectivity index (χ0) is 19.2. The summed E-state index contributed by atoms with van der Waals surface area (Å²) in [7, 11) is 3.25. The van der Waals surface area contributed by atoms with Gasteiger partial charge in [0.2, 0.25) is 5.91 Å². The minimum Gasteiger partial charge on any atom is -0.493 e. The lowest BCUT2D eigenvalue weighted by molar-refractivity contribution is -0.121. The van der Waals surface area contributed by atoms with Crippen molar-refractivity contribution >= 4 is 16.8 Å². The third-order valence-electron chi connectivity index (χ3n) is 4.63. The quantitative estimate of drug-likeness (QED) is 0.630. The highest BCUT2D eigenvalue weighted by Crippen LogP contribution is 2.28. The molecule has 0 atom stereocenters. The molecule has 5 nitrogen and oxygen atoms in total. The van der Waals surface area contributed by atoms with Crippen molar-refractivity contribution in [3.05, 3.63) is 59.3 Å². The molecule has 0 saturated heterocycles. The molecule has 3 rings (SSSR count). The first kappa shape index (κ1) is 18.8. The molecule has 0 unspecified atom stereocenters. The minimum atomic E-state index is 0.0702. The number of rotatable bonds is 8. The Hall–Kier alpha value is -2.95. The fraction of sp³-hybridized carbons (Fsp3) is 0.318. The average molecular weight is 366 g/mol. The smallest absolute Gasteiger partial charge is 0.220 e. The number of carbonyl (C=O) groups excluding carboxylic acids is 1. The fourth-order valence-corrected chi connectivity index (χ4v) is 3.22. The molecule has 27 heavy (non-hydrogen) atoms. The topological polar surface area (TPSA) is 63.3 Å². The van der Waals surface area contributed by atoms with Gasteiger partial charge in [-0.25, -0.2) is 0 Å². The predicted molar refractivity (Wildman–Crippen MR) is 107 cm³/mol. The monoisotopic (exact) mass is 366 g/mol. The van der Waals surface area contributed by atoms with Crippen LogP contribution >= 0.6 is 0 Å². The standard InChI is InChI=1S/C22H26N2O3/c1-15-11-18-12-17(7-9-19(18)24-15)14-23-22(25)6-4-5-16-8-10-20(26-2)21(13-16)27-3/h7-13,24H,4-6,14H2,1-3H3,(H,23,25). The van der Waals surface area contributed by atoms with Gasteiger partial charge in [-0.15, -0.1) is 0 Å². The number of aromatic nitrogens is 1. The average Bonchev–Trinajstić information content (AvgIpc) is 3.05. The number of aryl methyl sites for hydroxylation is 2. The first-order valence-corrected chi connectivity index (χ1v) is 9.15. The highest BCUT2D eigenvalue weighted by Gasteiger charge is 2.07. The van der Waals surface area contributed by atoms with Gasteiger partial charge >= 0.3 is 0 Å². The second-order valence-electron chi connectivity index (χ2n) is 6.69. The van der Waals surface area contributed by atoms with Crippen molar-refractivity contribution < 1.29 is 14.3 Å². The Morgan fingerprint density at radius 1 is 1.00 bits per heavy atom. The zero-order valence-electron chi connectivity index (χ0n) is 16.1. The van der Waals surface area contributed by atoms with Gasteiger partial charge in [-0.2, -0.15) is 0 Å². The molecule has 5 heteroatoms. The number of ether oxygens (including phenoxy) is 2. The molecule has 0 radical (unpaired) electrons. The molecular weight excluding hydrogens is 340 g/mol. The van der Waals surface area contributed by atoms with Gasteiger partial charge in [-0.05, 0) is 66.6 Å². The van der Waals surface area contributed by atoms with Crippen molar-refractivity contribution in [2.24, 2.45) is 0 Å². The second kappa shape index (κ2) is 8.62. The molecule has 2 aromatic carbocycles. The summed E-state index contributed by atoms with van der Waals surface area (Å²) in [5, 5.41) is 4.18. The number of nitrogens with one attached hydrogen (secondary N) is 2. The lowest BCUT2D eigenvalue weighted by Crippen LogP contribution is -2.22. The molecule has 1 aromatic heterocycles. The maximum absolute atomic E-state index is 12.1. The fourth-order valence-electron chi connectivity index (χ4n) is 3.22. The molecule has 0 fully saturated rings. The van der Waals surface area contributed by atoms with Gasteiger partial charge in [-0.1, -0.05) is 12.1 Å². The number of benzene rings is 2. The van der Waals surface area contributed by atoms with Crippen LogP contribution in [0.25, 0.3) is 10.9 Å². The van der Waals surface area contributed by atoms with Crippen LogP contribution < -0.4 is 14.8 Å². The maximum Gasteiger partial charge on any atom is 0.220 e. The molecule has 2 N–H and O–H groups in total. The van der Waals surface area contributed by atoms with Crippen LogP contribution in [-0.2, 0) is 17.8 Å². The Labute approximate surface area is 159 Å². The highest BCUT2D eigenvalue weighted by molar-refractivity contribution is 5.81. The molecule has 3 aromatic rings. The van der Waals surface area contributed by atoms with Crippen LogP contribution in [0.1, 0.15) is 29.7 Å². The summed E-state index contributed by atoms with van der Waals surface area (Å²) in [4.78, 5) is 15.4. The summed E-state index contributed by atoms with van der Waals surface area (Å²) in [6, 6.07) is 14.2. The number of hydrogen-bond acceptors (Lipinski definition) is 3. The van der Waals surface area contributed by atoms with E-state index in [2.05, 4.69) is 28.5 Å². The van der Waals surface area contributed by atoms with Crippen molar-refractivity contribution in [1.82, 2.24) is 10.3 Å². The van der Waals surface area contributed by atoms with E-state index in [0.29, 0.717) is 18.7 Å². The molecule has 1 heterocycles. The van der Waals surface area contributed by atoms with Gasteiger partial charge in [0.25, 0.3) is 0 Å². The molecule has 0 aliphatic heterocycles. The number of aromatic amines is 1. The second-order valence-corrected chi connectivity index (χ2v) is 6.69. The van der Waals surface area contributed by atoms with Gasteiger partial charge in [-0.3, -0.25) is 4.79 Å². The molecule has 142 valence electrons. The number of hydrogen-bond donors (Lipinski definition) is 2.